The average Bonchev–Trinajstić information content (AvgIpc) is 2.93. The first-order valence-corrected chi connectivity index (χ1v) is 7.23. The third kappa shape index (κ3) is 3.76. The van der Waals surface area contributed by atoms with Gasteiger partial charge in [0.25, 0.3) is 5.91 Å². The van der Waals surface area contributed by atoms with Gasteiger partial charge in [0, 0.05) is 31.6 Å². The molecule has 6 heteroatoms. The zero-order valence-electron chi connectivity index (χ0n) is 10.3. The lowest BCUT2D eigenvalue weighted by Gasteiger charge is -2.31. The van der Waals surface area contributed by atoms with Crippen LogP contribution in [0.5, 0.6) is 0 Å². The lowest BCUT2D eigenvalue weighted by atomic mass is 9.99. The Morgan fingerprint density at radius 2 is 2.56 bits per heavy atom. The number of thiazole rings is 1. The number of hydrogen-bond acceptors (Lipinski definition) is 5. The summed E-state index contributed by atoms with van der Waals surface area (Å²) in [7, 11) is 0. The number of aliphatic hydroxyl groups is 1. The van der Waals surface area contributed by atoms with Crippen LogP contribution in [0.1, 0.15) is 23.3 Å². The standard InChI is InChI=1S/C12H19N3O2S/c16-7-10-2-1-4-15(6-10)5-3-13-12(17)11-8-18-9-14-11/h8-10,16H,1-7H2,(H,13,17)/t10-/m0/s1. The molecule has 2 rings (SSSR count). The minimum absolute atomic E-state index is 0.105. The number of nitrogens with one attached hydrogen (secondary N) is 1. The van der Waals surface area contributed by atoms with E-state index in [1.165, 1.54) is 11.3 Å². The van der Waals surface area contributed by atoms with Gasteiger partial charge in [-0.1, -0.05) is 0 Å². The summed E-state index contributed by atoms with van der Waals surface area (Å²) in [5.41, 5.74) is 2.15. The van der Waals surface area contributed by atoms with Gasteiger partial charge in [-0.15, -0.1) is 11.3 Å². The number of nitrogens with zero attached hydrogens (tertiary/aromatic N) is 2. The predicted molar refractivity (Wildman–Crippen MR) is 70.7 cm³/mol. The van der Waals surface area contributed by atoms with Crippen molar-refractivity contribution in [1.82, 2.24) is 15.2 Å². The molecule has 1 aromatic rings. The molecule has 1 aliphatic heterocycles. The van der Waals surface area contributed by atoms with Crippen LogP contribution in [-0.4, -0.2) is 53.7 Å². The second-order valence-electron chi connectivity index (χ2n) is 4.62. The van der Waals surface area contributed by atoms with Gasteiger partial charge in [-0.3, -0.25) is 4.79 Å². The second-order valence-corrected chi connectivity index (χ2v) is 5.34. The molecular formula is C12H19N3O2S. The minimum atomic E-state index is -0.105. The molecule has 0 aromatic carbocycles. The van der Waals surface area contributed by atoms with Crippen LogP contribution >= 0.6 is 11.3 Å². The summed E-state index contributed by atoms with van der Waals surface area (Å²) in [6.45, 7) is 3.73. The highest BCUT2D eigenvalue weighted by molar-refractivity contribution is 7.07. The monoisotopic (exact) mass is 269 g/mol. The number of aromatic nitrogens is 1. The first-order chi connectivity index (χ1) is 8.79. The summed E-state index contributed by atoms with van der Waals surface area (Å²) in [5, 5.41) is 13.8. The van der Waals surface area contributed by atoms with Crippen molar-refractivity contribution in [3.63, 3.8) is 0 Å². The fraction of sp³-hybridized carbons (Fsp3) is 0.667. The van der Waals surface area contributed by atoms with E-state index in [4.69, 9.17) is 5.11 Å². The van der Waals surface area contributed by atoms with Gasteiger partial charge in [-0.05, 0) is 25.3 Å². The van der Waals surface area contributed by atoms with Crippen molar-refractivity contribution in [2.45, 2.75) is 12.8 Å². The number of aliphatic hydroxyl groups excluding tert-OH is 1. The van der Waals surface area contributed by atoms with Crippen molar-refractivity contribution in [3.8, 4) is 0 Å². The molecule has 0 aliphatic carbocycles. The molecule has 2 heterocycles. The van der Waals surface area contributed by atoms with Crippen LogP contribution in [0.15, 0.2) is 10.9 Å². The minimum Gasteiger partial charge on any atom is -0.396 e. The topological polar surface area (TPSA) is 65.5 Å². The van der Waals surface area contributed by atoms with E-state index in [1.54, 1.807) is 10.9 Å². The van der Waals surface area contributed by atoms with Gasteiger partial charge in [0.05, 0.1) is 5.51 Å². The third-order valence-electron chi connectivity index (χ3n) is 3.24. The van der Waals surface area contributed by atoms with Crippen molar-refractivity contribution in [2.75, 3.05) is 32.8 Å². The van der Waals surface area contributed by atoms with Gasteiger partial charge >= 0.3 is 0 Å². The highest BCUT2D eigenvalue weighted by Gasteiger charge is 2.18. The Morgan fingerprint density at radius 1 is 1.67 bits per heavy atom. The highest BCUT2D eigenvalue weighted by atomic mass is 32.1. The van der Waals surface area contributed by atoms with Gasteiger partial charge in [0.15, 0.2) is 0 Å². The van der Waals surface area contributed by atoms with Crippen molar-refractivity contribution >= 4 is 17.2 Å². The molecule has 0 unspecified atom stereocenters. The Kier molecular flexibility index (Phi) is 5.10. The Labute approximate surface area is 111 Å². The van der Waals surface area contributed by atoms with E-state index in [1.807, 2.05) is 0 Å². The molecule has 0 bridgehead atoms. The van der Waals surface area contributed by atoms with Crippen LogP contribution < -0.4 is 5.32 Å². The zero-order valence-corrected chi connectivity index (χ0v) is 11.2. The zero-order chi connectivity index (χ0) is 12.8. The molecule has 1 aliphatic rings. The quantitative estimate of drug-likeness (QED) is 0.820. The van der Waals surface area contributed by atoms with Crippen LogP contribution in [0.3, 0.4) is 0 Å². The molecule has 5 nitrogen and oxygen atoms in total. The molecule has 0 saturated carbocycles. The van der Waals surface area contributed by atoms with Crippen LogP contribution in [0.25, 0.3) is 0 Å². The van der Waals surface area contributed by atoms with E-state index in [-0.39, 0.29) is 12.5 Å². The number of hydrogen-bond donors (Lipinski definition) is 2. The first-order valence-electron chi connectivity index (χ1n) is 6.29. The molecule has 1 fully saturated rings. The van der Waals surface area contributed by atoms with Crippen molar-refractivity contribution in [1.29, 1.82) is 0 Å². The second kappa shape index (κ2) is 6.82. The van der Waals surface area contributed by atoms with Crippen LogP contribution in [-0.2, 0) is 0 Å². The number of likely N-dealkylation sites (tertiary alicyclic amines) is 1. The first kappa shape index (κ1) is 13.5. The summed E-state index contributed by atoms with van der Waals surface area (Å²) in [4.78, 5) is 17.9. The van der Waals surface area contributed by atoms with Crippen molar-refractivity contribution in [3.05, 3.63) is 16.6 Å². The summed E-state index contributed by atoms with van der Waals surface area (Å²) in [6, 6.07) is 0. The molecule has 100 valence electrons. The number of rotatable bonds is 5. The summed E-state index contributed by atoms with van der Waals surface area (Å²) < 4.78 is 0. The average molecular weight is 269 g/mol. The van der Waals surface area contributed by atoms with Gasteiger partial charge in [0.2, 0.25) is 0 Å². The fourth-order valence-corrected chi connectivity index (χ4v) is 2.78. The van der Waals surface area contributed by atoms with E-state index >= 15 is 0 Å². The molecule has 0 spiro atoms. The van der Waals surface area contributed by atoms with E-state index in [9.17, 15) is 4.79 Å². The van der Waals surface area contributed by atoms with E-state index in [2.05, 4.69) is 15.2 Å². The van der Waals surface area contributed by atoms with Crippen molar-refractivity contribution in [2.24, 2.45) is 5.92 Å². The molecule has 1 saturated heterocycles. The van der Waals surface area contributed by atoms with Crippen molar-refractivity contribution < 1.29 is 9.90 Å². The van der Waals surface area contributed by atoms with E-state index in [0.29, 0.717) is 18.2 Å². The van der Waals surface area contributed by atoms with Gasteiger partial charge in [0.1, 0.15) is 5.69 Å². The molecule has 1 amide bonds. The molecule has 1 atom stereocenters. The number of carbonyl (C=O) groups is 1. The van der Waals surface area contributed by atoms with Crippen LogP contribution in [0.4, 0.5) is 0 Å². The Hall–Kier alpha value is -0.980. The lowest BCUT2D eigenvalue weighted by Crippen LogP contribution is -2.41. The van der Waals surface area contributed by atoms with Gasteiger partial charge in [-0.25, -0.2) is 4.98 Å². The molecule has 2 N–H and O–H groups in total. The maximum atomic E-state index is 11.6. The van der Waals surface area contributed by atoms with E-state index in [0.717, 1.165) is 32.5 Å². The summed E-state index contributed by atoms with van der Waals surface area (Å²) in [6.07, 6.45) is 2.24. The Morgan fingerprint density at radius 3 is 3.28 bits per heavy atom. The number of carbonyl (C=O) groups excluding carboxylic acids is 1. The van der Waals surface area contributed by atoms with Gasteiger partial charge < -0.3 is 15.3 Å². The summed E-state index contributed by atoms with van der Waals surface area (Å²) in [5.74, 6) is 0.292. The fourth-order valence-electron chi connectivity index (χ4n) is 2.25. The number of amides is 1. The molecule has 0 radical (unpaired) electrons. The third-order valence-corrected chi connectivity index (χ3v) is 3.83. The SMILES string of the molecule is O=C(NCCN1CCC[C@H](CO)C1)c1cscn1. The Bertz CT molecular complexity index is 369. The maximum absolute atomic E-state index is 11.6. The maximum Gasteiger partial charge on any atom is 0.270 e. The normalized spacial score (nSPS) is 20.8. The largest absolute Gasteiger partial charge is 0.396 e. The predicted octanol–water partition coefficient (Wildman–Crippen LogP) is 0.577. The van der Waals surface area contributed by atoms with Gasteiger partial charge in [-0.2, -0.15) is 0 Å². The summed E-state index contributed by atoms with van der Waals surface area (Å²) >= 11 is 1.42. The lowest BCUT2D eigenvalue weighted by molar-refractivity contribution is 0.0926. The smallest absolute Gasteiger partial charge is 0.270 e. The number of piperidine rings is 1. The Balaban J connectivity index is 1.67. The van der Waals surface area contributed by atoms with E-state index < -0.39 is 0 Å². The van der Waals surface area contributed by atoms with Crippen LogP contribution in [0, 0.1) is 5.92 Å². The highest BCUT2D eigenvalue weighted by Crippen LogP contribution is 2.14. The molecule has 18 heavy (non-hydrogen) atoms. The van der Waals surface area contributed by atoms with Crippen LogP contribution in [0.2, 0.25) is 0 Å². The molecular weight excluding hydrogens is 250 g/mol. The molecule has 1 aromatic heterocycles.